The molecule has 0 atom stereocenters. The molecule has 0 aromatic carbocycles. The lowest BCUT2D eigenvalue weighted by atomic mass is 10.3. The van der Waals surface area contributed by atoms with Crippen molar-refractivity contribution < 1.29 is 14.3 Å². The fourth-order valence-electron chi connectivity index (χ4n) is 1.49. The lowest BCUT2D eigenvalue weighted by Gasteiger charge is -2.23. The molecule has 1 heterocycles. The standard InChI is InChI=1S/C12H16BrClN2O3/c1-18-6-5-16(4-3-11(17)19-2)12-10(14)7-9(13)8-15-12/h7-8H,3-6H2,1-2H3. The Morgan fingerprint density at radius 3 is 2.79 bits per heavy atom. The molecular weight excluding hydrogens is 336 g/mol. The Morgan fingerprint density at radius 2 is 2.21 bits per heavy atom. The van der Waals surface area contributed by atoms with Crippen LogP contribution in [0.2, 0.25) is 5.02 Å². The summed E-state index contributed by atoms with van der Waals surface area (Å²) >= 11 is 9.47. The van der Waals surface area contributed by atoms with Crippen LogP contribution in [0.25, 0.3) is 0 Å². The molecule has 0 aliphatic rings. The molecule has 19 heavy (non-hydrogen) atoms. The van der Waals surface area contributed by atoms with Gasteiger partial charge in [-0.1, -0.05) is 11.6 Å². The molecule has 0 fully saturated rings. The van der Waals surface area contributed by atoms with Gasteiger partial charge in [0, 0.05) is 30.9 Å². The number of hydrogen-bond acceptors (Lipinski definition) is 5. The zero-order valence-corrected chi connectivity index (χ0v) is 13.2. The van der Waals surface area contributed by atoms with Gasteiger partial charge in [-0.15, -0.1) is 0 Å². The smallest absolute Gasteiger partial charge is 0.307 e. The van der Waals surface area contributed by atoms with E-state index in [0.29, 0.717) is 30.5 Å². The van der Waals surface area contributed by atoms with Crippen LogP contribution < -0.4 is 4.90 Å². The van der Waals surface area contributed by atoms with E-state index in [9.17, 15) is 4.79 Å². The van der Waals surface area contributed by atoms with E-state index in [4.69, 9.17) is 16.3 Å². The number of ether oxygens (including phenoxy) is 2. The van der Waals surface area contributed by atoms with Gasteiger partial charge in [0.2, 0.25) is 0 Å². The summed E-state index contributed by atoms with van der Waals surface area (Å²) in [7, 11) is 2.99. The molecule has 1 aromatic heterocycles. The molecular formula is C12H16BrClN2O3. The third-order valence-corrected chi connectivity index (χ3v) is 3.18. The molecule has 0 unspecified atom stereocenters. The summed E-state index contributed by atoms with van der Waals surface area (Å²) in [6.45, 7) is 1.60. The SMILES string of the molecule is COCCN(CCC(=O)OC)c1ncc(Br)cc1Cl. The topological polar surface area (TPSA) is 51.7 Å². The number of halogens is 2. The number of methoxy groups -OCH3 is 2. The van der Waals surface area contributed by atoms with Gasteiger partial charge in [-0.2, -0.15) is 0 Å². The van der Waals surface area contributed by atoms with Crippen molar-refractivity contribution in [2.75, 3.05) is 38.8 Å². The van der Waals surface area contributed by atoms with E-state index in [1.165, 1.54) is 7.11 Å². The van der Waals surface area contributed by atoms with Crippen LogP contribution >= 0.6 is 27.5 Å². The van der Waals surface area contributed by atoms with E-state index in [1.54, 1.807) is 19.4 Å². The molecule has 5 nitrogen and oxygen atoms in total. The van der Waals surface area contributed by atoms with Crippen molar-refractivity contribution in [1.82, 2.24) is 4.98 Å². The molecule has 0 aliphatic heterocycles. The number of nitrogens with zero attached hydrogens (tertiary/aromatic N) is 2. The maximum atomic E-state index is 11.2. The number of anilines is 1. The highest BCUT2D eigenvalue weighted by atomic mass is 79.9. The van der Waals surface area contributed by atoms with Gasteiger partial charge in [0.15, 0.2) is 0 Å². The normalized spacial score (nSPS) is 10.3. The summed E-state index contributed by atoms with van der Waals surface area (Å²) in [6.07, 6.45) is 1.94. The van der Waals surface area contributed by atoms with Crippen LogP contribution in [-0.4, -0.2) is 44.9 Å². The summed E-state index contributed by atoms with van der Waals surface area (Å²) in [6, 6.07) is 1.77. The van der Waals surface area contributed by atoms with Gasteiger partial charge in [0.25, 0.3) is 0 Å². The minimum Gasteiger partial charge on any atom is -0.469 e. The van der Waals surface area contributed by atoms with Crippen molar-refractivity contribution in [3.8, 4) is 0 Å². The number of rotatable bonds is 7. The Hall–Kier alpha value is -0.850. The Labute approximate surface area is 126 Å². The van der Waals surface area contributed by atoms with E-state index in [-0.39, 0.29) is 12.4 Å². The van der Waals surface area contributed by atoms with Crippen molar-refractivity contribution in [3.05, 3.63) is 21.8 Å². The van der Waals surface area contributed by atoms with Gasteiger partial charge in [0.1, 0.15) is 5.82 Å². The van der Waals surface area contributed by atoms with Gasteiger partial charge in [-0.3, -0.25) is 4.79 Å². The van der Waals surface area contributed by atoms with Crippen LogP contribution in [0.15, 0.2) is 16.7 Å². The second-order valence-electron chi connectivity index (χ2n) is 3.76. The largest absolute Gasteiger partial charge is 0.469 e. The van der Waals surface area contributed by atoms with Crippen LogP contribution in [0.4, 0.5) is 5.82 Å². The third-order valence-electron chi connectivity index (χ3n) is 2.47. The molecule has 0 saturated carbocycles. The number of aromatic nitrogens is 1. The molecule has 0 N–H and O–H groups in total. The molecule has 106 valence electrons. The first-order valence-electron chi connectivity index (χ1n) is 5.70. The highest BCUT2D eigenvalue weighted by Crippen LogP contribution is 2.26. The molecule has 0 radical (unpaired) electrons. The molecule has 0 bridgehead atoms. The lowest BCUT2D eigenvalue weighted by molar-refractivity contribution is -0.140. The van der Waals surface area contributed by atoms with Crippen LogP contribution in [-0.2, 0) is 14.3 Å². The monoisotopic (exact) mass is 350 g/mol. The van der Waals surface area contributed by atoms with Gasteiger partial charge in [0.05, 0.1) is 25.2 Å². The average Bonchev–Trinajstić information content (AvgIpc) is 2.39. The van der Waals surface area contributed by atoms with Crippen LogP contribution in [0.5, 0.6) is 0 Å². The first-order valence-corrected chi connectivity index (χ1v) is 6.87. The van der Waals surface area contributed by atoms with Crippen LogP contribution in [0.3, 0.4) is 0 Å². The van der Waals surface area contributed by atoms with Crippen LogP contribution in [0, 0.1) is 0 Å². The minimum atomic E-state index is -0.268. The zero-order chi connectivity index (χ0) is 14.3. The maximum absolute atomic E-state index is 11.2. The summed E-state index contributed by atoms with van der Waals surface area (Å²) in [5.74, 6) is 0.362. The van der Waals surface area contributed by atoms with Gasteiger partial charge in [-0.25, -0.2) is 4.98 Å². The lowest BCUT2D eigenvalue weighted by Crippen LogP contribution is -2.30. The van der Waals surface area contributed by atoms with Crippen molar-refractivity contribution >= 4 is 39.3 Å². The first-order chi connectivity index (χ1) is 9.08. The molecule has 0 spiro atoms. The van der Waals surface area contributed by atoms with E-state index in [2.05, 4.69) is 25.7 Å². The molecule has 1 aromatic rings. The number of carbonyl (C=O) groups is 1. The highest BCUT2D eigenvalue weighted by molar-refractivity contribution is 9.10. The predicted octanol–water partition coefficient (Wildman–Crippen LogP) is 2.51. The summed E-state index contributed by atoms with van der Waals surface area (Å²) < 4.78 is 10.5. The van der Waals surface area contributed by atoms with Crippen LogP contribution in [0.1, 0.15) is 6.42 Å². The summed E-state index contributed by atoms with van der Waals surface area (Å²) in [5.41, 5.74) is 0. The fourth-order valence-corrected chi connectivity index (χ4v) is 2.24. The van der Waals surface area contributed by atoms with Crippen molar-refractivity contribution in [2.45, 2.75) is 6.42 Å². The second-order valence-corrected chi connectivity index (χ2v) is 5.09. The van der Waals surface area contributed by atoms with Crippen molar-refractivity contribution in [2.24, 2.45) is 0 Å². The van der Waals surface area contributed by atoms with E-state index >= 15 is 0 Å². The molecule has 0 saturated heterocycles. The molecule has 1 rings (SSSR count). The van der Waals surface area contributed by atoms with E-state index in [0.717, 1.165) is 4.47 Å². The minimum absolute atomic E-state index is 0.268. The van der Waals surface area contributed by atoms with Gasteiger partial charge < -0.3 is 14.4 Å². The number of esters is 1. The Balaban J connectivity index is 2.79. The number of hydrogen-bond donors (Lipinski definition) is 0. The number of carbonyl (C=O) groups excluding carboxylic acids is 1. The quantitative estimate of drug-likeness (QED) is 0.707. The van der Waals surface area contributed by atoms with Crippen molar-refractivity contribution in [3.63, 3.8) is 0 Å². The first kappa shape index (κ1) is 16.2. The van der Waals surface area contributed by atoms with Crippen molar-refractivity contribution in [1.29, 1.82) is 0 Å². The Morgan fingerprint density at radius 1 is 1.47 bits per heavy atom. The average molecular weight is 352 g/mol. The van der Waals surface area contributed by atoms with Gasteiger partial charge >= 0.3 is 5.97 Å². The Kier molecular flexibility index (Phi) is 7.12. The Bertz CT molecular complexity index is 431. The molecule has 7 heteroatoms. The molecule has 0 amide bonds. The van der Waals surface area contributed by atoms with E-state index < -0.39 is 0 Å². The highest BCUT2D eigenvalue weighted by Gasteiger charge is 2.14. The van der Waals surface area contributed by atoms with Gasteiger partial charge in [-0.05, 0) is 22.0 Å². The predicted molar refractivity (Wildman–Crippen MR) is 77.7 cm³/mol. The fraction of sp³-hybridized carbons (Fsp3) is 0.500. The maximum Gasteiger partial charge on any atom is 0.307 e. The summed E-state index contributed by atoms with van der Waals surface area (Å²) in [4.78, 5) is 17.4. The second kappa shape index (κ2) is 8.35. The third kappa shape index (κ3) is 5.34. The summed E-state index contributed by atoms with van der Waals surface area (Å²) in [5, 5.41) is 0.523. The molecule has 0 aliphatic carbocycles. The van der Waals surface area contributed by atoms with E-state index in [1.807, 2.05) is 4.90 Å². The zero-order valence-electron chi connectivity index (χ0n) is 10.9. The number of pyridine rings is 1.